The lowest BCUT2D eigenvalue weighted by molar-refractivity contribution is 0.442. The van der Waals surface area contributed by atoms with E-state index < -0.39 is 0 Å². The lowest BCUT2D eigenvalue weighted by atomic mass is 10.2. The molecule has 0 aliphatic heterocycles. The van der Waals surface area contributed by atoms with Crippen molar-refractivity contribution in [3.63, 3.8) is 0 Å². The molecule has 0 spiro atoms. The fourth-order valence-electron chi connectivity index (χ4n) is 1.39. The minimum atomic E-state index is -0.374. The van der Waals surface area contributed by atoms with Crippen molar-refractivity contribution in [2.75, 3.05) is 0 Å². The predicted molar refractivity (Wildman–Crippen MR) is 62.7 cm³/mol. The summed E-state index contributed by atoms with van der Waals surface area (Å²) in [7, 11) is 0. The Kier molecular flexibility index (Phi) is 4.63. The van der Waals surface area contributed by atoms with Crippen molar-refractivity contribution in [3.8, 4) is 11.5 Å². The summed E-state index contributed by atoms with van der Waals surface area (Å²) >= 11 is 0. The molecule has 4 heteroatoms. The second kappa shape index (κ2) is 5.98. The van der Waals surface area contributed by atoms with Gasteiger partial charge in [0.2, 0.25) is 0 Å². The Balaban J connectivity index is 0.00000144. The van der Waals surface area contributed by atoms with Gasteiger partial charge in [-0.3, -0.25) is 0 Å². The summed E-state index contributed by atoms with van der Waals surface area (Å²) in [4.78, 5) is 0. The molecule has 2 aromatic rings. The Labute approximate surface area is 99.0 Å². The van der Waals surface area contributed by atoms with Crippen molar-refractivity contribution in [1.29, 1.82) is 0 Å². The number of hydrogen-bond acceptors (Lipinski definition) is 3. The Morgan fingerprint density at radius 2 is 1.82 bits per heavy atom. The quantitative estimate of drug-likeness (QED) is 0.887. The van der Waals surface area contributed by atoms with E-state index in [9.17, 15) is 4.39 Å². The first-order chi connectivity index (χ1) is 7.79. The first-order valence-electron chi connectivity index (χ1n) is 5.01. The van der Waals surface area contributed by atoms with Gasteiger partial charge in [0.05, 0.1) is 0 Å². The Hall–Kier alpha value is -1.91. The third kappa shape index (κ3) is 3.27. The number of para-hydroxylation sites is 1. The summed E-state index contributed by atoms with van der Waals surface area (Å²) < 4.78 is 18.7. The summed E-state index contributed by atoms with van der Waals surface area (Å²) in [5.74, 6) is 0.436. The maximum Gasteiger partial charge on any atom is 0.165 e. The largest absolute Gasteiger partial charge is 0.870 e. The van der Waals surface area contributed by atoms with Gasteiger partial charge < -0.3 is 15.9 Å². The molecule has 2 aromatic carbocycles. The number of halogens is 1. The monoisotopic (exact) mass is 234 g/mol. The molecule has 0 saturated carbocycles. The summed E-state index contributed by atoms with van der Waals surface area (Å²) in [6.07, 6.45) is 0. The van der Waals surface area contributed by atoms with Crippen LogP contribution in [0, 0.1) is 5.82 Å². The van der Waals surface area contributed by atoms with Crippen LogP contribution < -0.4 is 10.5 Å². The van der Waals surface area contributed by atoms with Gasteiger partial charge in [-0.2, -0.15) is 0 Å². The van der Waals surface area contributed by atoms with E-state index in [4.69, 9.17) is 10.5 Å². The van der Waals surface area contributed by atoms with Crippen LogP contribution in [0.2, 0.25) is 0 Å². The molecule has 3 N–H and O–H groups in total. The van der Waals surface area contributed by atoms with Crippen LogP contribution in [0.4, 0.5) is 4.39 Å². The minimum absolute atomic E-state index is 0. The van der Waals surface area contributed by atoms with E-state index in [-0.39, 0.29) is 17.0 Å². The van der Waals surface area contributed by atoms with E-state index in [2.05, 4.69) is 0 Å². The molecule has 0 atom stereocenters. The Morgan fingerprint density at radius 3 is 2.53 bits per heavy atom. The van der Waals surface area contributed by atoms with Crippen LogP contribution in [0.5, 0.6) is 11.5 Å². The van der Waals surface area contributed by atoms with Crippen LogP contribution in [-0.2, 0) is 6.54 Å². The molecule has 0 heterocycles. The van der Waals surface area contributed by atoms with Gasteiger partial charge in [-0.15, -0.1) is 0 Å². The number of hydrogen-bond donors (Lipinski definition) is 1. The molecule has 0 amide bonds. The highest BCUT2D eigenvalue weighted by atomic mass is 19.1. The molecule has 2 rings (SSSR count). The van der Waals surface area contributed by atoms with Crippen molar-refractivity contribution < 1.29 is 14.6 Å². The van der Waals surface area contributed by atoms with E-state index in [0.29, 0.717) is 12.3 Å². The third-order valence-electron chi connectivity index (χ3n) is 2.20. The van der Waals surface area contributed by atoms with E-state index in [1.807, 2.05) is 12.1 Å². The molecule has 0 aliphatic rings. The average Bonchev–Trinajstić information content (AvgIpc) is 2.32. The van der Waals surface area contributed by atoms with Crippen molar-refractivity contribution in [3.05, 3.63) is 59.9 Å². The zero-order valence-corrected chi connectivity index (χ0v) is 9.14. The first kappa shape index (κ1) is 13.2. The molecule has 0 aliphatic carbocycles. The normalized spacial score (nSPS) is 9.53. The van der Waals surface area contributed by atoms with Crippen LogP contribution in [0.1, 0.15) is 5.56 Å². The number of nitrogens with two attached hydrogens (primary N) is 1. The second-order valence-electron chi connectivity index (χ2n) is 3.38. The van der Waals surface area contributed by atoms with Gasteiger partial charge in [-0.25, -0.2) is 4.39 Å². The first-order valence-corrected chi connectivity index (χ1v) is 5.01. The topological polar surface area (TPSA) is 65.2 Å². The van der Waals surface area contributed by atoms with Gasteiger partial charge in [0.1, 0.15) is 5.75 Å². The summed E-state index contributed by atoms with van der Waals surface area (Å²) in [6.45, 7) is 0.439. The summed E-state index contributed by atoms with van der Waals surface area (Å²) in [5, 5.41) is 0. The van der Waals surface area contributed by atoms with Crippen LogP contribution >= 0.6 is 0 Å². The van der Waals surface area contributed by atoms with Gasteiger partial charge in [-0.05, 0) is 29.8 Å². The predicted octanol–water partition coefficient (Wildman–Crippen LogP) is 2.90. The average molecular weight is 234 g/mol. The van der Waals surface area contributed by atoms with Gasteiger partial charge in [-0.1, -0.05) is 24.3 Å². The van der Waals surface area contributed by atoms with Crippen molar-refractivity contribution in [2.24, 2.45) is 5.73 Å². The lowest BCUT2D eigenvalue weighted by Crippen LogP contribution is -1.96. The molecule has 90 valence electrons. The molecule has 0 saturated heterocycles. The molecule has 0 aromatic heterocycles. The third-order valence-corrected chi connectivity index (χ3v) is 2.20. The zero-order chi connectivity index (χ0) is 11.4. The van der Waals surface area contributed by atoms with E-state index in [1.165, 1.54) is 6.07 Å². The van der Waals surface area contributed by atoms with Gasteiger partial charge in [0, 0.05) is 6.54 Å². The fraction of sp³-hybridized carbons (Fsp3) is 0.0769. The molecular formula is C13H13FNO2-. The fourth-order valence-corrected chi connectivity index (χ4v) is 1.39. The SMILES string of the molecule is NCc1cccc(Oc2ccccc2F)c1.[OH-]. The highest BCUT2D eigenvalue weighted by Crippen LogP contribution is 2.24. The molecule has 0 bridgehead atoms. The van der Waals surface area contributed by atoms with Crippen LogP contribution in [0.25, 0.3) is 0 Å². The van der Waals surface area contributed by atoms with Crippen LogP contribution in [0.3, 0.4) is 0 Å². The summed E-state index contributed by atoms with van der Waals surface area (Å²) in [6, 6.07) is 13.6. The maximum atomic E-state index is 13.3. The smallest absolute Gasteiger partial charge is 0.165 e. The molecule has 0 unspecified atom stereocenters. The Bertz CT molecular complexity index is 488. The standard InChI is InChI=1S/C13H12FNO.H2O/c14-12-6-1-2-7-13(12)16-11-5-3-4-10(8-11)9-15;/h1-8H,9,15H2;1H2/p-1. The van der Waals surface area contributed by atoms with Gasteiger partial charge in [0.15, 0.2) is 11.6 Å². The van der Waals surface area contributed by atoms with Crippen LogP contribution in [0.15, 0.2) is 48.5 Å². The van der Waals surface area contributed by atoms with Crippen LogP contribution in [-0.4, -0.2) is 5.48 Å². The zero-order valence-electron chi connectivity index (χ0n) is 9.14. The molecule has 0 fully saturated rings. The number of ether oxygens (including phenoxy) is 1. The van der Waals surface area contributed by atoms with Crippen molar-refractivity contribution in [1.82, 2.24) is 0 Å². The molecule has 0 radical (unpaired) electrons. The van der Waals surface area contributed by atoms with Crippen molar-refractivity contribution >= 4 is 0 Å². The van der Waals surface area contributed by atoms with Gasteiger partial charge >= 0.3 is 0 Å². The lowest BCUT2D eigenvalue weighted by Gasteiger charge is -2.07. The maximum absolute atomic E-state index is 13.3. The van der Waals surface area contributed by atoms with E-state index in [0.717, 1.165) is 5.56 Å². The molecule has 17 heavy (non-hydrogen) atoms. The van der Waals surface area contributed by atoms with E-state index in [1.54, 1.807) is 30.3 Å². The number of rotatable bonds is 3. The summed E-state index contributed by atoms with van der Waals surface area (Å²) in [5.41, 5.74) is 6.46. The van der Waals surface area contributed by atoms with Gasteiger partial charge in [0.25, 0.3) is 0 Å². The Morgan fingerprint density at radius 1 is 1.06 bits per heavy atom. The molecular weight excluding hydrogens is 221 g/mol. The number of benzene rings is 2. The highest BCUT2D eigenvalue weighted by Gasteiger charge is 2.03. The second-order valence-corrected chi connectivity index (χ2v) is 3.38. The minimum Gasteiger partial charge on any atom is -0.870 e. The van der Waals surface area contributed by atoms with Crippen molar-refractivity contribution in [2.45, 2.75) is 6.54 Å². The molecule has 3 nitrogen and oxygen atoms in total. The highest BCUT2D eigenvalue weighted by molar-refractivity contribution is 5.34. The van der Waals surface area contributed by atoms with E-state index >= 15 is 0 Å².